The van der Waals surface area contributed by atoms with Crippen molar-refractivity contribution in [3.05, 3.63) is 72.8 Å². The number of ether oxygens (including phenoxy) is 2. The maximum absolute atomic E-state index is 5.88. The van der Waals surface area contributed by atoms with Gasteiger partial charge in [0.2, 0.25) is 5.82 Å². The van der Waals surface area contributed by atoms with Crippen LogP contribution < -0.4 is 9.47 Å². The third kappa shape index (κ3) is 2.83. The zero-order valence-electron chi connectivity index (χ0n) is 15.1. The molecule has 0 saturated carbocycles. The van der Waals surface area contributed by atoms with Gasteiger partial charge in [0.15, 0.2) is 22.9 Å². The second-order valence-electron chi connectivity index (χ2n) is 6.17. The Morgan fingerprint density at radius 1 is 0.964 bits per heavy atom. The van der Waals surface area contributed by atoms with E-state index >= 15 is 0 Å². The molecule has 0 radical (unpaired) electrons. The molecule has 138 valence electrons. The molecule has 7 nitrogen and oxygen atoms in total. The highest BCUT2D eigenvalue weighted by Gasteiger charge is 2.14. The van der Waals surface area contributed by atoms with Gasteiger partial charge in [-0.05, 0) is 36.4 Å². The van der Waals surface area contributed by atoms with Gasteiger partial charge >= 0.3 is 0 Å². The lowest BCUT2D eigenvalue weighted by Crippen LogP contribution is -1.96. The van der Waals surface area contributed by atoms with Crippen molar-refractivity contribution in [1.29, 1.82) is 0 Å². The largest absolute Gasteiger partial charge is 0.493 e. The Morgan fingerprint density at radius 2 is 1.79 bits per heavy atom. The van der Waals surface area contributed by atoms with E-state index in [0.29, 0.717) is 28.8 Å². The summed E-state index contributed by atoms with van der Waals surface area (Å²) in [6.45, 7) is 0.276. The lowest BCUT2D eigenvalue weighted by atomic mass is 10.2. The number of furan rings is 1. The fourth-order valence-corrected chi connectivity index (χ4v) is 3.05. The summed E-state index contributed by atoms with van der Waals surface area (Å²) < 4.78 is 18.6. The van der Waals surface area contributed by atoms with Gasteiger partial charge in [-0.3, -0.25) is 0 Å². The quantitative estimate of drug-likeness (QED) is 0.462. The van der Waals surface area contributed by atoms with Crippen molar-refractivity contribution in [3.63, 3.8) is 0 Å². The van der Waals surface area contributed by atoms with Crippen LogP contribution in [0, 0.1) is 0 Å². The second-order valence-corrected chi connectivity index (χ2v) is 6.17. The molecule has 5 aromatic rings. The van der Waals surface area contributed by atoms with E-state index < -0.39 is 0 Å². The zero-order chi connectivity index (χ0) is 18.9. The monoisotopic (exact) mass is 372 g/mol. The molecule has 5 rings (SSSR count). The molecule has 3 heterocycles. The lowest BCUT2D eigenvalue weighted by molar-refractivity contribution is 0.257. The minimum Gasteiger partial charge on any atom is -0.493 e. The van der Waals surface area contributed by atoms with Gasteiger partial charge in [0, 0.05) is 5.39 Å². The van der Waals surface area contributed by atoms with Crippen molar-refractivity contribution >= 4 is 16.6 Å². The zero-order valence-corrected chi connectivity index (χ0v) is 15.1. The summed E-state index contributed by atoms with van der Waals surface area (Å²) in [4.78, 5) is 9.03. The fraction of sp³-hybridized carbons (Fsp3) is 0.0952. The molecule has 0 unspecified atom stereocenters. The molecule has 28 heavy (non-hydrogen) atoms. The first-order chi connectivity index (χ1) is 13.8. The summed E-state index contributed by atoms with van der Waals surface area (Å²) in [6, 6.07) is 19.0. The summed E-state index contributed by atoms with van der Waals surface area (Å²) in [5.74, 6) is 3.08. The first kappa shape index (κ1) is 16.3. The Morgan fingerprint density at radius 3 is 2.68 bits per heavy atom. The minimum atomic E-state index is 0.276. The number of benzene rings is 2. The summed E-state index contributed by atoms with van der Waals surface area (Å²) in [5, 5.41) is 5.42. The van der Waals surface area contributed by atoms with E-state index in [2.05, 4.69) is 15.1 Å². The average molecular weight is 372 g/mol. The smallest absolute Gasteiger partial charge is 0.217 e. The average Bonchev–Trinajstić information content (AvgIpc) is 3.39. The van der Waals surface area contributed by atoms with Crippen molar-refractivity contribution in [2.24, 2.45) is 0 Å². The van der Waals surface area contributed by atoms with Crippen molar-refractivity contribution in [2.75, 3.05) is 7.11 Å². The van der Waals surface area contributed by atoms with Gasteiger partial charge in [-0.15, -0.1) is 5.10 Å². The van der Waals surface area contributed by atoms with Crippen LogP contribution >= 0.6 is 0 Å². The fourth-order valence-electron chi connectivity index (χ4n) is 3.05. The topological polar surface area (TPSA) is 74.7 Å². The lowest BCUT2D eigenvalue weighted by Gasteiger charge is -2.08. The molecule has 0 atom stereocenters. The molecule has 0 spiro atoms. The third-order valence-electron chi connectivity index (χ3n) is 4.40. The number of methoxy groups -OCH3 is 1. The molecule has 0 N–H and O–H groups in total. The van der Waals surface area contributed by atoms with Crippen LogP contribution in [0.4, 0.5) is 0 Å². The van der Waals surface area contributed by atoms with Crippen LogP contribution in [0.15, 0.2) is 71.4 Å². The molecule has 7 heteroatoms. The predicted octanol–water partition coefficient (Wildman–Crippen LogP) is 4.13. The predicted molar refractivity (Wildman–Crippen MR) is 103 cm³/mol. The van der Waals surface area contributed by atoms with Crippen molar-refractivity contribution in [2.45, 2.75) is 6.61 Å². The summed E-state index contributed by atoms with van der Waals surface area (Å²) in [6.07, 6.45) is 1.66. The molecule has 0 aliphatic carbocycles. The molecule has 0 fully saturated rings. The Bertz CT molecular complexity index is 1280. The number of hydrogen-bond acceptors (Lipinski definition) is 6. The SMILES string of the molecule is COc1ccccc1OCc1ccc(-c2nc3c4ccccc4ncn3n2)o1. The number of para-hydroxylation sites is 3. The molecule has 0 saturated heterocycles. The number of rotatable bonds is 5. The van der Waals surface area contributed by atoms with E-state index in [1.165, 1.54) is 0 Å². The van der Waals surface area contributed by atoms with Crippen molar-refractivity contribution < 1.29 is 13.9 Å². The third-order valence-corrected chi connectivity index (χ3v) is 4.40. The Hall–Kier alpha value is -3.87. The van der Waals surface area contributed by atoms with E-state index in [-0.39, 0.29) is 6.61 Å². The maximum Gasteiger partial charge on any atom is 0.217 e. The normalized spacial score (nSPS) is 11.2. The van der Waals surface area contributed by atoms with Crippen LogP contribution in [0.1, 0.15) is 5.76 Å². The number of hydrogen-bond donors (Lipinski definition) is 0. The van der Waals surface area contributed by atoms with Crippen molar-refractivity contribution in [1.82, 2.24) is 19.6 Å². The standard InChI is InChI=1S/C21H16N4O3/c1-26-17-8-4-5-9-18(17)27-12-14-10-11-19(28-14)20-23-21-15-6-2-3-7-16(15)22-13-25(21)24-20/h2-11,13H,12H2,1H3. The number of nitrogens with zero attached hydrogens (tertiary/aromatic N) is 4. The Labute approximate surface area is 160 Å². The molecular weight excluding hydrogens is 356 g/mol. The van der Waals surface area contributed by atoms with Crippen LogP contribution in [0.3, 0.4) is 0 Å². The van der Waals surface area contributed by atoms with E-state index in [9.17, 15) is 0 Å². The summed E-state index contributed by atoms with van der Waals surface area (Å²) >= 11 is 0. The Balaban J connectivity index is 1.42. The highest BCUT2D eigenvalue weighted by Crippen LogP contribution is 2.28. The van der Waals surface area contributed by atoms with Crippen LogP contribution in [-0.4, -0.2) is 26.7 Å². The molecule has 0 aliphatic rings. The van der Waals surface area contributed by atoms with Crippen LogP contribution in [0.2, 0.25) is 0 Å². The number of aromatic nitrogens is 4. The van der Waals surface area contributed by atoms with E-state index in [1.54, 1.807) is 18.0 Å². The van der Waals surface area contributed by atoms with Gasteiger partial charge in [0.1, 0.15) is 18.7 Å². The highest BCUT2D eigenvalue weighted by molar-refractivity contribution is 5.91. The summed E-state index contributed by atoms with van der Waals surface area (Å²) in [5.41, 5.74) is 1.61. The maximum atomic E-state index is 5.88. The van der Waals surface area contributed by atoms with Gasteiger partial charge in [-0.25, -0.2) is 14.5 Å². The van der Waals surface area contributed by atoms with Crippen LogP contribution in [-0.2, 0) is 6.61 Å². The van der Waals surface area contributed by atoms with Crippen LogP contribution in [0.5, 0.6) is 11.5 Å². The minimum absolute atomic E-state index is 0.276. The number of fused-ring (bicyclic) bond motifs is 3. The van der Waals surface area contributed by atoms with Gasteiger partial charge < -0.3 is 13.9 Å². The van der Waals surface area contributed by atoms with Gasteiger partial charge in [0.25, 0.3) is 0 Å². The first-order valence-electron chi connectivity index (χ1n) is 8.77. The molecule has 2 aromatic carbocycles. The van der Waals surface area contributed by atoms with E-state index in [4.69, 9.17) is 13.9 Å². The van der Waals surface area contributed by atoms with Crippen molar-refractivity contribution in [3.8, 4) is 23.1 Å². The molecule has 3 aromatic heterocycles. The van der Waals surface area contributed by atoms with Gasteiger partial charge in [-0.2, -0.15) is 0 Å². The van der Waals surface area contributed by atoms with E-state index in [1.807, 2.05) is 60.7 Å². The van der Waals surface area contributed by atoms with Crippen LogP contribution in [0.25, 0.3) is 28.1 Å². The second kappa shape index (κ2) is 6.70. The first-order valence-corrected chi connectivity index (χ1v) is 8.77. The van der Waals surface area contributed by atoms with E-state index in [0.717, 1.165) is 16.6 Å². The molecule has 0 bridgehead atoms. The Kier molecular flexibility index (Phi) is 3.90. The summed E-state index contributed by atoms with van der Waals surface area (Å²) in [7, 11) is 1.61. The van der Waals surface area contributed by atoms with Gasteiger partial charge in [0.05, 0.1) is 12.6 Å². The molecular formula is C21H16N4O3. The highest BCUT2D eigenvalue weighted by atomic mass is 16.5. The molecule has 0 aliphatic heterocycles. The molecule has 0 amide bonds. The van der Waals surface area contributed by atoms with Gasteiger partial charge in [-0.1, -0.05) is 24.3 Å².